The molecular weight excluding hydrogens is 140 g/mol. The lowest BCUT2D eigenvalue weighted by atomic mass is 10.1. The van der Waals surface area contributed by atoms with Crippen LogP contribution in [0.4, 0.5) is 0 Å². The van der Waals surface area contributed by atoms with Crippen LogP contribution < -0.4 is 0 Å². The summed E-state index contributed by atoms with van der Waals surface area (Å²) in [5.74, 6) is 0. The van der Waals surface area contributed by atoms with Crippen LogP contribution in [-0.2, 0) is 4.79 Å². The van der Waals surface area contributed by atoms with Crippen LogP contribution in [0.3, 0.4) is 0 Å². The zero-order chi connectivity index (χ0) is 8.53. The Bertz CT molecular complexity index is 91.6. The van der Waals surface area contributed by atoms with E-state index in [9.17, 15) is 4.79 Å². The Balaban J connectivity index is 2.95. The Morgan fingerprint density at radius 1 is 1.27 bits per heavy atom. The number of aliphatic hydroxyl groups is 1. The van der Waals surface area contributed by atoms with Crippen molar-refractivity contribution in [1.29, 1.82) is 0 Å². The molecule has 66 valence electrons. The number of rotatable bonds is 7. The summed E-state index contributed by atoms with van der Waals surface area (Å²) in [4.78, 5) is 9.97. The van der Waals surface area contributed by atoms with Gasteiger partial charge in [-0.2, -0.15) is 0 Å². The van der Waals surface area contributed by atoms with Gasteiger partial charge >= 0.3 is 0 Å². The average Bonchev–Trinajstić information content (AvgIpc) is 2.04. The number of aldehydes is 1. The van der Waals surface area contributed by atoms with Crippen molar-refractivity contribution in [1.82, 2.24) is 0 Å². The van der Waals surface area contributed by atoms with Gasteiger partial charge in [0.25, 0.3) is 0 Å². The Kier molecular flexibility index (Phi) is 7.47. The third kappa shape index (κ3) is 7.53. The summed E-state index contributed by atoms with van der Waals surface area (Å²) in [6.07, 6.45) is 6.35. The van der Waals surface area contributed by atoms with Crippen LogP contribution >= 0.6 is 0 Å². The van der Waals surface area contributed by atoms with Crippen molar-refractivity contribution >= 4 is 6.29 Å². The Labute approximate surface area is 68.6 Å². The molecule has 0 aromatic carbocycles. The van der Waals surface area contributed by atoms with E-state index in [-0.39, 0.29) is 0 Å². The van der Waals surface area contributed by atoms with Gasteiger partial charge in [0.2, 0.25) is 0 Å². The van der Waals surface area contributed by atoms with E-state index < -0.39 is 6.10 Å². The van der Waals surface area contributed by atoms with E-state index in [0.717, 1.165) is 12.8 Å². The molecule has 0 aromatic rings. The average molecular weight is 158 g/mol. The van der Waals surface area contributed by atoms with Crippen LogP contribution in [0.25, 0.3) is 0 Å². The number of hydrogen-bond acceptors (Lipinski definition) is 2. The number of carbonyl (C=O) groups excluding carboxylic acids is 1. The van der Waals surface area contributed by atoms with E-state index in [1.165, 1.54) is 19.3 Å². The molecule has 0 heterocycles. The molecule has 0 aliphatic carbocycles. The first kappa shape index (κ1) is 10.6. The second-order valence-corrected chi connectivity index (χ2v) is 2.91. The highest BCUT2D eigenvalue weighted by Crippen LogP contribution is 2.05. The summed E-state index contributed by atoms with van der Waals surface area (Å²) in [5.41, 5.74) is 0. The van der Waals surface area contributed by atoms with Gasteiger partial charge in [-0.05, 0) is 6.42 Å². The lowest BCUT2D eigenvalue weighted by molar-refractivity contribution is -0.115. The second kappa shape index (κ2) is 7.73. The van der Waals surface area contributed by atoms with Crippen molar-refractivity contribution in [3.05, 3.63) is 0 Å². The first-order chi connectivity index (χ1) is 5.31. The standard InChI is InChI=1S/C9H18O2/c1-2-3-4-5-6-7-9(11)8-10/h8-9,11H,2-7H2,1H3/t9-/m1/s1. The summed E-state index contributed by atoms with van der Waals surface area (Å²) in [6.45, 7) is 2.17. The first-order valence-electron chi connectivity index (χ1n) is 4.44. The SMILES string of the molecule is CCCCCCC[C@@H](O)C=O. The summed E-state index contributed by atoms with van der Waals surface area (Å²) < 4.78 is 0. The molecule has 0 aliphatic rings. The fourth-order valence-electron chi connectivity index (χ4n) is 1.03. The van der Waals surface area contributed by atoms with Crippen LogP contribution in [0.2, 0.25) is 0 Å². The molecule has 0 unspecified atom stereocenters. The smallest absolute Gasteiger partial charge is 0.148 e. The van der Waals surface area contributed by atoms with Gasteiger partial charge in [0.1, 0.15) is 12.4 Å². The number of hydrogen-bond donors (Lipinski definition) is 1. The maximum Gasteiger partial charge on any atom is 0.148 e. The van der Waals surface area contributed by atoms with Crippen LogP contribution in [0.5, 0.6) is 0 Å². The van der Waals surface area contributed by atoms with Crippen LogP contribution in [0.15, 0.2) is 0 Å². The minimum Gasteiger partial charge on any atom is -0.386 e. The van der Waals surface area contributed by atoms with Crippen molar-refractivity contribution < 1.29 is 9.90 Å². The van der Waals surface area contributed by atoms with Crippen LogP contribution in [-0.4, -0.2) is 17.5 Å². The first-order valence-corrected chi connectivity index (χ1v) is 4.44. The molecule has 2 nitrogen and oxygen atoms in total. The normalized spacial score (nSPS) is 12.9. The maximum absolute atomic E-state index is 9.97. The van der Waals surface area contributed by atoms with Gasteiger partial charge in [-0.3, -0.25) is 0 Å². The van der Waals surface area contributed by atoms with E-state index in [4.69, 9.17) is 5.11 Å². The molecule has 11 heavy (non-hydrogen) atoms. The molecule has 0 radical (unpaired) electrons. The molecule has 0 rings (SSSR count). The molecule has 0 spiro atoms. The van der Waals surface area contributed by atoms with E-state index in [1.807, 2.05) is 0 Å². The number of unbranched alkanes of at least 4 members (excludes halogenated alkanes) is 4. The zero-order valence-corrected chi connectivity index (χ0v) is 7.25. The molecule has 0 bridgehead atoms. The highest BCUT2D eigenvalue weighted by Gasteiger charge is 1.99. The Morgan fingerprint density at radius 3 is 2.45 bits per heavy atom. The van der Waals surface area contributed by atoms with E-state index >= 15 is 0 Å². The van der Waals surface area contributed by atoms with Crippen molar-refractivity contribution in [3.8, 4) is 0 Å². The molecular formula is C9H18O2. The molecule has 0 fully saturated rings. The van der Waals surface area contributed by atoms with Gasteiger partial charge in [-0.1, -0.05) is 39.0 Å². The summed E-state index contributed by atoms with van der Waals surface area (Å²) in [7, 11) is 0. The van der Waals surface area contributed by atoms with Crippen LogP contribution in [0, 0.1) is 0 Å². The number of aliphatic hydroxyl groups excluding tert-OH is 1. The van der Waals surface area contributed by atoms with Crippen molar-refractivity contribution in [2.75, 3.05) is 0 Å². The lowest BCUT2D eigenvalue weighted by Crippen LogP contribution is -2.06. The molecule has 1 atom stereocenters. The largest absolute Gasteiger partial charge is 0.386 e. The lowest BCUT2D eigenvalue weighted by Gasteiger charge is -2.01. The predicted octanol–water partition coefficient (Wildman–Crippen LogP) is 1.91. The Morgan fingerprint density at radius 2 is 1.91 bits per heavy atom. The van der Waals surface area contributed by atoms with Gasteiger partial charge in [-0.15, -0.1) is 0 Å². The fraction of sp³-hybridized carbons (Fsp3) is 0.889. The third-order valence-electron chi connectivity index (χ3n) is 1.76. The highest BCUT2D eigenvalue weighted by molar-refractivity contribution is 5.55. The Hall–Kier alpha value is -0.370. The van der Waals surface area contributed by atoms with Gasteiger partial charge in [0, 0.05) is 0 Å². The molecule has 2 heteroatoms. The monoisotopic (exact) mass is 158 g/mol. The summed E-state index contributed by atoms with van der Waals surface area (Å²) in [6, 6.07) is 0. The van der Waals surface area contributed by atoms with Gasteiger partial charge in [0.05, 0.1) is 0 Å². The topological polar surface area (TPSA) is 37.3 Å². The van der Waals surface area contributed by atoms with Crippen molar-refractivity contribution in [2.45, 2.75) is 51.6 Å². The van der Waals surface area contributed by atoms with Gasteiger partial charge < -0.3 is 9.90 Å². The second-order valence-electron chi connectivity index (χ2n) is 2.91. The highest BCUT2D eigenvalue weighted by atomic mass is 16.3. The van der Waals surface area contributed by atoms with Gasteiger partial charge in [-0.25, -0.2) is 0 Å². The minimum atomic E-state index is -0.725. The molecule has 1 N–H and O–H groups in total. The third-order valence-corrected chi connectivity index (χ3v) is 1.76. The maximum atomic E-state index is 9.97. The van der Waals surface area contributed by atoms with E-state index in [0.29, 0.717) is 12.7 Å². The molecule has 0 saturated heterocycles. The quantitative estimate of drug-likeness (QED) is 0.454. The fourth-order valence-corrected chi connectivity index (χ4v) is 1.03. The van der Waals surface area contributed by atoms with Crippen LogP contribution in [0.1, 0.15) is 45.4 Å². The summed E-state index contributed by atoms with van der Waals surface area (Å²) in [5, 5.41) is 8.85. The van der Waals surface area contributed by atoms with Crippen molar-refractivity contribution in [2.24, 2.45) is 0 Å². The molecule has 0 saturated carbocycles. The van der Waals surface area contributed by atoms with Crippen molar-refractivity contribution in [3.63, 3.8) is 0 Å². The minimum absolute atomic E-state index is 0.611. The molecule has 0 aliphatic heterocycles. The predicted molar refractivity (Wildman–Crippen MR) is 45.4 cm³/mol. The number of carbonyl (C=O) groups is 1. The zero-order valence-electron chi connectivity index (χ0n) is 7.25. The molecule has 0 amide bonds. The van der Waals surface area contributed by atoms with Gasteiger partial charge in [0.15, 0.2) is 0 Å². The summed E-state index contributed by atoms with van der Waals surface area (Å²) >= 11 is 0. The van der Waals surface area contributed by atoms with E-state index in [1.54, 1.807) is 0 Å². The van der Waals surface area contributed by atoms with E-state index in [2.05, 4.69) is 6.92 Å². The molecule has 0 aromatic heterocycles.